The monoisotopic (exact) mass is 237 g/mol. The summed E-state index contributed by atoms with van der Waals surface area (Å²) in [5, 5.41) is 16.1. The number of H-pyrrole nitrogens is 1. The number of aliphatic hydroxyl groups is 1. The zero-order valence-corrected chi connectivity index (χ0v) is 9.48. The van der Waals surface area contributed by atoms with E-state index in [2.05, 4.69) is 20.2 Å². The first-order valence-electron chi connectivity index (χ1n) is 4.78. The Labute approximate surface area is 97.0 Å². The number of nitrogens with one attached hydrogen (secondary N) is 1. The van der Waals surface area contributed by atoms with E-state index in [1.54, 1.807) is 30.1 Å². The molecule has 0 aliphatic rings. The van der Waals surface area contributed by atoms with Crippen LogP contribution in [-0.2, 0) is 6.54 Å². The van der Waals surface area contributed by atoms with Crippen molar-refractivity contribution in [2.45, 2.75) is 19.6 Å². The Morgan fingerprint density at radius 1 is 1.56 bits per heavy atom. The van der Waals surface area contributed by atoms with Crippen LogP contribution in [0, 0.1) is 4.77 Å². The maximum absolute atomic E-state index is 9.38. The first-order chi connectivity index (χ1) is 7.68. The van der Waals surface area contributed by atoms with Gasteiger partial charge in [-0.3, -0.25) is 14.6 Å². The summed E-state index contributed by atoms with van der Waals surface area (Å²) in [4.78, 5) is 8.10. The van der Waals surface area contributed by atoms with Crippen LogP contribution in [0.25, 0.3) is 11.5 Å². The van der Waals surface area contributed by atoms with Crippen molar-refractivity contribution in [1.82, 2.24) is 24.7 Å². The number of hydrogen-bond acceptors (Lipinski definition) is 5. The molecule has 0 aliphatic heterocycles. The molecule has 0 radical (unpaired) electrons. The number of aliphatic hydroxyl groups excluding tert-OH is 1. The molecule has 0 saturated heterocycles. The van der Waals surface area contributed by atoms with Gasteiger partial charge in [-0.15, -0.1) is 0 Å². The Balaban J connectivity index is 2.46. The quantitative estimate of drug-likeness (QED) is 0.771. The lowest BCUT2D eigenvalue weighted by atomic mass is 10.3. The van der Waals surface area contributed by atoms with Gasteiger partial charge in [0.25, 0.3) is 0 Å². The van der Waals surface area contributed by atoms with E-state index in [1.165, 1.54) is 0 Å². The molecule has 1 unspecified atom stereocenters. The predicted molar refractivity (Wildman–Crippen MR) is 60.1 cm³/mol. The smallest absolute Gasteiger partial charge is 0.195 e. The SMILES string of the molecule is CC(O)Cn1c(-c2cnccn2)n[nH]c1=S. The molecule has 2 rings (SSSR count). The molecule has 84 valence electrons. The van der Waals surface area contributed by atoms with Gasteiger partial charge in [-0.2, -0.15) is 5.10 Å². The summed E-state index contributed by atoms with van der Waals surface area (Å²) in [6.45, 7) is 2.07. The molecule has 1 atom stereocenters. The fourth-order valence-electron chi connectivity index (χ4n) is 1.36. The fourth-order valence-corrected chi connectivity index (χ4v) is 1.57. The number of aromatic nitrogens is 5. The number of rotatable bonds is 3. The van der Waals surface area contributed by atoms with Gasteiger partial charge in [-0.25, -0.2) is 4.98 Å². The van der Waals surface area contributed by atoms with Crippen LogP contribution in [0.3, 0.4) is 0 Å². The van der Waals surface area contributed by atoms with Gasteiger partial charge in [0.1, 0.15) is 5.69 Å². The Morgan fingerprint density at radius 2 is 2.38 bits per heavy atom. The highest BCUT2D eigenvalue weighted by Gasteiger charge is 2.11. The summed E-state index contributed by atoms with van der Waals surface area (Å²) in [6, 6.07) is 0. The van der Waals surface area contributed by atoms with Crippen molar-refractivity contribution < 1.29 is 5.11 Å². The van der Waals surface area contributed by atoms with E-state index < -0.39 is 6.10 Å². The van der Waals surface area contributed by atoms with Crippen LogP contribution in [0.2, 0.25) is 0 Å². The fraction of sp³-hybridized carbons (Fsp3) is 0.333. The minimum absolute atomic E-state index is 0.376. The Kier molecular flexibility index (Phi) is 3.07. The third-order valence-electron chi connectivity index (χ3n) is 2.00. The average Bonchev–Trinajstić information content (AvgIpc) is 2.61. The topological polar surface area (TPSA) is 79.6 Å². The standard InChI is InChI=1S/C9H11N5OS/c1-6(15)5-14-8(12-13-9(14)16)7-4-10-2-3-11-7/h2-4,6,15H,5H2,1H3,(H,13,16). The molecule has 7 heteroatoms. The van der Waals surface area contributed by atoms with E-state index in [1.807, 2.05) is 0 Å². The van der Waals surface area contributed by atoms with Crippen molar-refractivity contribution in [3.8, 4) is 11.5 Å². The lowest BCUT2D eigenvalue weighted by Gasteiger charge is -2.07. The van der Waals surface area contributed by atoms with Gasteiger partial charge in [-0.1, -0.05) is 0 Å². The van der Waals surface area contributed by atoms with Crippen molar-refractivity contribution in [1.29, 1.82) is 0 Å². The Morgan fingerprint density at radius 3 is 3.00 bits per heavy atom. The molecular weight excluding hydrogens is 226 g/mol. The van der Waals surface area contributed by atoms with E-state index in [-0.39, 0.29) is 0 Å². The Hall–Kier alpha value is -1.60. The molecule has 0 aromatic carbocycles. The summed E-state index contributed by atoms with van der Waals surface area (Å²) < 4.78 is 2.16. The van der Waals surface area contributed by atoms with Crippen molar-refractivity contribution in [2.24, 2.45) is 0 Å². The molecule has 0 bridgehead atoms. The third-order valence-corrected chi connectivity index (χ3v) is 2.31. The highest BCUT2D eigenvalue weighted by molar-refractivity contribution is 7.71. The van der Waals surface area contributed by atoms with Gasteiger partial charge < -0.3 is 5.11 Å². The van der Waals surface area contributed by atoms with Gasteiger partial charge in [-0.05, 0) is 19.1 Å². The minimum atomic E-state index is -0.500. The molecule has 16 heavy (non-hydrogen) atoms. The van der Waals surface area contributed by atoms with E-state index in [0.717, 1.165) is 0 Å². The van der Waals surface area contributed by atoms with Crippen molar-refractivity contribution in [2.75, 3.05) is 0 Å². The van der Waals surface area contributed by atoms with E-state index in [0.29, 0.717) is 22.8 Å². The summed E-state index contributed by atoms with van der Waals surface area (Å²) >= 11 is 5.08. The van der Waals surface area contributed by atoms with Crippen LogP contribution in [-0.4, -0.2) is 35.9 Å². The van der Waals surface area contributed by atoms with Crippen molar-refractivity contribution >= 4 is 12.2 Å². The first-order valence-corrected chi connectivity index (χ1v) is 5.19. The van der Waals surface area contributed by atoms with Gasteiger partial charge in [0.15, 0.2) is 10.6 Å². The lowest BCUT2D eigenvalue weighted by Crippen LogP contribution is -2.13. The minimum Gasteiger partial charge on any atom is -0.392 e. The summed E-state index contributed by atoms with van der Waals surface area (Å²) in [5.74, 6) is 0.582. The molecule has 2 aromatic heterocycles. The summed E-state index contributed by atoms with van der Waals surface area (Å²) in [7, 11) is 0. The normalized spacial score (nSPS) is 12.6. The second-order valence-electron chi connectivity index (χ2n) is 3.40. The van der Waals surface area contributed by atoms with E-state index >= 15 is 0 Å². The maximum Gasteiger partial charge on any atom is 0.195 e. The summed E-state index contributed by atoms with van der Waals surface area (Å²) in [5.41, 5.74) is 0.621. The van der Waals surface area contributed by atoms with Gasteiger partial charge in [0, 0.05) is 12.4 Å². The highest BCUT2D eigenvalue weighted by atomic mass is 32.1. The van der Waals surface area contributed by atoms with Crippen LogP contribution < -0.4 is 0 Å². The van der Waals surface area contributed by atoms with Crippen LogP contribution in [0.4, 0.5) is 0 Å². The molecular formula is C9H11N5OS. The second-order valence-corrected chi connectivity index (χ2v) is 3.79. The van der Waals surface area contributed by atoms with Crippen molar-refractivity contribution in [3.63, 3.8) is 0 Å². The molecule has 0 spiro atoms. The number of aromatic amines is 1. The molecule has 2 aromatic rings. The van der Waals surface area contributed by atoms with Gasteiger partial charge >= 0.3 is 0 Å². The van der Waals surface area contributed by atoms with Crippen LogP contribution in [0.5, 0.6) is 0 Å². The average molecular weight is 237 g/mol. The Bertz CT molecular complexity index is 518. The molecule has 2 heterocycles. The van der Waals surface area contributed by atoms with Gasteiger partial charge in [0.2, 0.25) is 0 Å². The molecule has 0 aliphatic carbocycles. The predicted octanol–water partition coefficient (Wildman–Crippen LogP) is 0.778. The maximum atomic E-state index is 9.38. The molecule has 0 amide bonds. The third kappa shape index (κ3) is 2.15. The lowest BCUT2D eigenvalue weighted by molar-refractivity contribution is 0.173. The van der Waals surface area contributed by atoms with Gasteiger partial charge in [0.05, 0.1) is 18.8 Å². The number of nitrogens with zero attached hydrogens (tertiary/aromatic N) is 4. The first kappa shape index (κ1) is 10.9. The molecule has 0 saturated carbocycles. The van der Waals surface area contributed by atoms with Crippen molar-refractivity contribution in [3.05, 3.63) is 23.4 Å². The molecule has 2 N–H and O–H groups in total. The zero-order chi connectivity index (χ0) is 11.5. The van der Waals surface area contributed by atoms with Crippen LogP contribution >= 0.6 is 12.2 Å². The zero-order valence-electron chi connectivity index (χ0n) is 8.66. The van der Waals surface area contributed by atoms with Crippen LogP contribution in [0.1, 0.15) is 6.92 Å². The van der Waals surface area contributed by atoms with E-state index in [9.17, 15) is 5.11 Å². The second kappa shape index (κ2) is 4.50. The summed E-state index contributed by atoms with van der Waals surface area (Å²) in [6.07, 6.45) is 4.27. The number of hydrogen-bond donors (Lipinski definition) is 2. The van der Waals surface area contributed by atoms with Crippen LogP contribution in [0.15, 0.2) is 18.6 Å². The molecule has 0 fully saturated rings. The largest absolute Gasteiger partial charge is 0.392 e. The molecule has 6 nitrogen and oxygen atoms in total. The van der Waals surface area contributed by atoms with E-state index in [4.69, 9.17) is 12.2 Å². The highest BCUT2D eigenvalue weighted by Crippen LogP contribution is 2.13.